The minimum Gasteiger partial charge on any atom is -0.484 e. The van der Waals surface area contributed by atoms with Gasteiger partial charge in [0.15, 0.2) is 6.61 Å². The molecule has 0 spiro atoms. The lowest BCUT2D eigenvalue weighted by Crippen LogP contribution is -2.33. The van der Waals surface area contributed by atoms with Gasteiger partial charge in [-0.1, -0.05) is 20.8 Å². The molecule has 210 valence electrons. The number of carbonyl (C=O) groups excluding carboxylic acids is 1. The number of benzene rings is 2. The zero-order valence-corrected chi connectivity index (χ0v) is 21.8. The van der Waals surface area contributed by atoms with Crippen LogP contribution in [-0.2, 0) is 9.59 Å². The van der Waals surface area contributed by atoms with E-state index in [0.717, 1.165) is 24.8 Å². The van der Waals surface area contributed by atoms with E-state index in [9.17, 15) is 22.8 Å². The summed E-state index contributed by atoms with van der Waals surface area (Å²) in [4.78, 5) is 27.2. The van der Waals surface area contributed by atoms with Crippen LogP contribution in [0, 0.1) is 11.3 Å². The summed E-state index contributed by atoms with van der Waals surface area (Å²) in [6, 6.07) is 10.8. The van der Waals surface area contributed by atoms with Crippen molar-refractivity contribution in [1.82, 2.24) is 14.9 Å². The van der Waals surface area contributed by atoms with Crippen LogP contribution in [0.2, 0.25) is 0 Å². The number of hydrogen-bond acceptors (Lipinski definition) is 6. The highest BCUT2D eigenvalue weighted by Gasteiger charge is 2.35. The number of carboxylic acids is 1. The molecule has 1 aromatic heterocycles. The number of hydrogen-bond donors (Lipinski definition) is 3. The molecule has 3 N–H and O–H groups in total. The van der Waals surface area contributed by atoms with Gasteiger partial charge >= 0.3 is 12.3 Å². The van der Waals surface area contributed by atoms with Gasteiger partial charge in [-0.2, -0.15) is 0 Å². The molecule has 0 aliphatic heterocycles. The number of fused-ring (bicyclic) bond motifs is 1. The maximum Gasteiger partial charge on any atom is 0.573 e. The second-order valence-electron chi connectivity index (χ2n) is 10.7. The standard InChI is InChI=1S/C27H31F3N4O5/c1-16-10-18(13-26(2,3)12-16)34-22-9-8-20(38-15-23(35)31-14-24(36)37)11-21(22)33-25(34)32-17-4-6-19(7-5-17)39-27(28,29)30/h4-9,11,16,18H,10,12-15H2,1-3H3,(H,31,35)(H,32,33)(H,36,37)/t16-,18+/m1/s1. The number of ether oxygens (including phenoxy) is 2. The lowest BCUT2D eigenvalue weighted by molar-refractivity contribution is -0.274. The molecular weight excluding hydrogens is 517 g/mol. The van der Waals surface area contributed by atoms with E-state index in [1.54, 1.807) is 12.1 Å². The number of nitrogens with zero attached hydrogens (tertiary/aromatic N) is 2. The smallest absolute Gasteiger partial charge is 0.484 e. The van der Waals surface area contributed by atoms with E-state index in [2.05, 4.69) is 40.7 Å². The molecule has 3 aromatic rings. The number of halogens is 3. The van der Waals surface area contributed by atoms with Gasteiger partial charge in [-0.05, 0) is 67.0 Å². The average molecular weight is 549 g/mol. The van der Waals surface area contributed by atoms with Crippen LogP contribution < -0.4 is 20.1 Å². The van der Waals surface area contributed by atoms with Crippen LogP contribution in [0.15, 0.2) is 42.5 Å². The number of alkyl halides is 3. The molecule has 2 atom stereocenters. The van der Waals surface area contributed by atoms with Gasteiger partial charge in [-0.15, -0.1) is 13.2 Å². The van der Waals surface area contributed by atoms with Crippen LogP contribution in [0.5, 0.6) is 11.5 Å². The van der Waals surface area contributed by atoms with Crippen molar-refractivity contribution >= 4 is 34.5 Å². The molecule has 12 heteroatoms. The molecule has 0 radical (unpaired) electrons. The molecule has 1 amide bonds. The summed E-state index contributed by atoms with van der Waals surface area (Å²) in [5.74, 6) is -0.649. The number of imidazole rings is 1. The molecule has 0 bridgehead atoms. The van der Waals surface area contributed by atoms with Crippen molar-refractivity contribution < 1.29 is 37.3 Å². The van der Waals surface area contributed by atoms with Crippen molar-refractivity contribution in [2.75, 3.05) is 18.5 Å². The normalized spacial score (nSPS) is 18.9. The van der Waals surface area contributed by atoms with Crippen LogP contribution in [-0.4, -0.2) is 46.0 Å². The third-order valence-electron chi connectivity index (χ3n) is 6.54. The Hall–Kier alpha value is -3.96. The monoisotopic (exact) mass is 548 g/mol. The SMILES string of the molecule is C[C@@H]1C[C@H](n2c(Nc3ccc(OC(F)(F)F)cc3)nc3cc(OCC(=O)NCC(=O)O)ccc32)CC(C)(C)C1. The number of nitrogens with one attached hydrogen (secondary N) is 2. The molecular formula is C27H31F3N4O5. The Kier molecular flexibility index (Phi) is 7.94. The zero-order valence-electron chi connectivity index (χ0n) is 21.8. The first kappa shape index (κ1) is 28.1. The van der Waals surface area contributed by atoms with E-state index in [-0.39, 0.29) is 23.8 Å². The van der Waals surface area contributed by atoms with Crippen molar-refractivity contribution in [3.8, 4) is 11.5 Å². The summed E-state index contributed by atoms with van der Waals surface area (Å²) in [6.45, 7) is 5.84. The molecule has 0 unspecified atom stereocenters. The Morgan fingerprint density at radius 3 is 2.46 bits per heavy atom. The number of aromatic nitrogens is 2. The van der Waals surface area contributed by atoms with Gasteiger partial charge in [0.1, 0.15) is 18.0 Å². The van der Waals surface area contributed by atoms with Crippen LogP contribution in [0.3, 0.4) is 0 Å². The topological polar surface area (TPSA) is 115 Å². The lowest BCUT2D eigenvalue weighted by atomic mass is 9.70. The van der Waals surface area contributed by atoms with E-state index in [4.69, 9.17) is 14.8 Å². The van der Waals surface area contributed by atoms with E-state index >= 15 is 0 Å². The van der Waals surface area contributed by atoms with Crippen molar-refractivity contribution in [3.63, 3.8) is 0 Å². The average Bonchev–Trinajstić information content (AvgIpc) is 3.17. The van der Waals surface area contributed by atoms with Crippen LogP contribution in [0.4, 0.5) is 24.8 Å². The zero-order chi connectivity index (χ0) is 28.4. The Labute approximate surface area is 223 Å². The molecule has 39 heavy (non-hydrogen) atoms. The molecule has 1 fully saturated rings. The number of rotatable bonds is 9. The number of carboxylic acid groups (broad SMARTS) is 1. The lowest BCUT2D eigenvalue weighted by Gasteiger charge is -2.40. The highest BCUT2D eigenvalue weighted by Crippen LogP contribution is 2.46. The van der Waals surface area contributed by atoms with Crippen LogP contribution >= 0.6 is 0 Å². The third kappa shape index (κ3) is 7.55. The summed E-state index contributed by atoms with van der Waals surface area (Å²) in [6.07, 6.45) is -1.83. The summed E-state index contributed by atoms with van der Waals surface area (Å²) in [5.41, 5.74) is 2.09. The molecule has 4 rings (SSSR count). The van der Waals surface area contributed by atoms with Crippen molar-refractivity contribution in [2.24, 2.45) is 11.3 Å². The number of amides is 1. The largest absolute Gasteiger partial charge is 0.573 e. The Morgan fingerprint density at radius 2 is 1.82 bits per heavy atom. The molecule has 1 heterocycles. The number of carbonyl (C=O) groups is 2. The summed E-state index contributed by atoms with van der Waals surface area (Å²) in [5, 5.41) is 14.2. The summed E-state index contributed by atoms with van der Waals surface area (Å²) < 4.78 is 49.3. The highest BCUT2D eigenvalue weighted by molar-refractivity contribution is 5.83. The minimum atomic E-state index is -4.77. The molecule has 1 aliphatic carbocycles. The Morgan fingerprint density at radius 1 is 1.13 bits per heavy atom. The summed E-state index contributed by atoms with van der Waals surface area (Å²) >= 11 is 0. The highest BCUT2D eigenvalue weighted by atomic mass is 19.4. The quantitative estimate of drug-likeness (QED) is 0.317. The number of aliphatic carboxylic acids is 1. The van der Waals surface area contributed by atoms with Gasteiger partial charge in [0, 0.05) is 17.8 Å². The van der Waals surface area contributed by atoms with E-state index < -0.39 is 24.8 Å². The third-order valence-corrected chi connectivity index (χ3v) is 6.54. The predicted octanol–water partition coefficient (Wildman–Crippen LogP) is 5.65. The molecule has 2 aromatic carbocycles. The maximum absolute atomic E-state index is 12.6. The van der Waals surface area contributed by atoms with E-state index in [1.165, 1.54) is 24.3 Å². The van der Waals surface area contributed by atoms with Crippen LogP contribution in [0.25, 0.3) is 11.0 Å². The fourth-order valence-electron chi connectivity index (χ4n) is 5.36. The first-order valence-corrected chi connectivity index (χ1v) is 12.5. The van der Waals surface area contributed by atoms with Gasteiger partial charge in [-0.25, -0.2) is 4.98 Å². The Balaban J connectivity index is 1.63. The van der Waals surface area contributed by atoms with Crippen molar-refractivity contribution in [2.45, 2.75) is 52.4 Å². The van der Waals surface area contributed by atoms with Gasteiger partial charge in [-0.3, -0.25) is 9.59 Å². The first-order chi connectivity index (χ1) is 18.3. The van der Waals surface area contributed by atoms with Crippen LogP contribution in [0.1, 0.15) is 46.1 Å². The van der Waals surface area contributed by atoms with Crippen molar-refractivity contribution in [3.05, 3.63) is 42.5 Å². The predicted molar refractivity (Wildman–Crippen MR) is 138 cm³/mol. The molecule has 1 saturated carbocycles. The Bertz CT molecular complexity index is 1340. The number of anilines is 2. The fraction of sp³-hybridized carbons (Fsp3) is 0.444. The fourth-order valence-corrected chi connectivity index (χ4v) is 5.36. The van der Waals surface area contributed by atoms with E-state index in [0.29, 0.717) is 28.8 Å². The summed E-state index contributed by atoms with van der Waals surface area (Å²) in [7, 11) is 0. The second-order valence-corrected chi connectivity index (χ2v) is 10.7. The van der Waals surface area contributed by atoms with Crippen molar-refractivity contribution in [1.29, 1.82) is 0 Å². The minimum absolute atomic E-state index is 0.110. The van der Waals surface area contributed by atoms with Gasteiger partial charge in [0.25, 0.3) is 5.91 Å². The molecule has 0 saturated heterocycles. The first-order valence-electron chi connectivity index (χ1n) is 12.5. The van der Waals surface area contributed by atoms with E-state index in [1.807, 2.05) is 6.07 Å². The maximum atomic E-state index is 12.6. The second kappa shape index (κ2) is 11.0. The molecule has 1 aliphatic rings. The van der Waals surface area contributed by atoms with Gasteiger partial charge in [0.05, 0.1) is 11.0 Å². The molecule has 9 nitrogen and oxygen atoms in total. The van der Waals surface area contributed by atoms with Gasteiger partial charge in [0.2, 0.25) is 5.95 Å². The van der Waals surface area contributed by atoms with Gasteiger partial charge < -0.3 is 29.8 Å².